The summed E-state index contributed by atoms with van der Waals surface area (Å²) >= 11 is 0. The lowest BCUT2D eigenvalue weighted by Crippen LogP contribution is -2.42. The molecule has 2 N–H and O–H groups in total. The number of anilines is 1. The first-order valence-corrected chi connectivity index (χ1v) is 8.11. The minimum atomic E-state index is -0.343. The number of benzene rings is 2. The molecule has 2 aliphatic heterocycles. The number of urea groups is 1. The Bertz CT molecular complexity index is 780. The fourth-order valence-corrected chi connectivity index (χ4v) is 2.71. The van der Waals surface area contributed by atoms with Crippen LogP contribution in [0.25, 0.3) is 0 Å². The molecular weight excluding hydrogens is 324 g/mol. The van der Waals surface area contributed by atoms with Crippen molar-refractivity contribution in [2.24, 2.45) is 0 Å². The van der Waals surface area contributed by atoms with Gasteiger partial charge in [-0.15, -0.1) is 0 Å². The van der Waals surface area contributed by atoms with Gasteiger partial charge in [0.1, 0.15) is 19.8 Å². The van der Waals surface area contributed by atoms with E-state index in [1.54, 1.807) is 12.1 Å². The largest absolute Gasteiger partial charge is 0.486 e. The van der Waals surface area contributed by atoms with Crippen LogP contribution in [0, 0.1) is 0 Å². The number of hydrogen-bond donors (Lipinski definition) is 2. The second-order valence-electron chi connectivity index (χ2n) is 5.66. The number of rotatable bonds is 3. The van der Waals surface area contributed by atoms with Crippen LogP contribution in [-0.4, -0.2) is 38.5 Å². The van der Waals surface area contributed by atoms with Gasteiger partial charge in [0, 0.05) is 0 Å². The molecule has 7 nitrogen and oxygen atoms in total. The van der Waals surface area contributed by atoms with Crippen LogP contribution in [0.1, 0.15) is 0 Å². The Balaban J connectivity index is 1.33. The highest BCUT2D eigenvalue weighted by Gasteiger charge is 2.22. The summed E-state index contributed by atoms with van der Waals surface area (Å²) < 4.78 is 22.5. The minimum absolute atomic E-state index is 0.245. The van der Waals surface area contributed by atoms with E-state index >= 15 is 0 Å². The van der Waals surface area contributed by atoms with Gasteiger partial charge in [0.25, 0.3) is 0 Å². The summed E-state index contributed by atoms with van der Waals surface area (Å²) in [7, 11) is 0. The summed E-state index contributed by atoms with van der Waals surface area (Å²) in [6, 6.07) is 12.5. The average Bonchev–Trinajstić information content (AvgIpc) is 2.66. The van der Waals surface area contributed by atoms with E-state index in [9.17, 15) is 4.79 Å². The Morgan fingerprint density at radius 3 is 2.68 bits per heavy atom. The second-order valence-corrected chi connectivity index (χ2v) is 5.66. The van der Waals surface area contributed by atoms with Crippen molar-refractivity contribution in [3.8, 4) is 23.0 Å². The highest BCUT2D eigenvalue weighted by Crippen LogP contribution is 2.37. The summed E-state index contributed by atoms with van der Waals surface area (Å²) in [6.07, 6.45) is -0.245. The number of para-hydroxylation sites is 3. The van der Waals surface area contributed by atoms with Crippen LogP contribution in [0.4, 0.5) is 10.5 Å². The maximum absolute atomic E-state index is 12.2. The van der Waals surface area contributed by atoms with E-state index in [0.717, 1.165) is 5.75 Å². The molecule has 130 valence electrons. The number of nitrogens with one attached hydrogen (secondary N) is 2. The molecule has 0 saturated heterocycles. The molecule has 0 saturated carbocycles. The zero-order valence-corrected chi connectivity index (χ0v) is 13.5. The SMILES string of the molecule is O=C(NCC1COc2ccccc2O1)Nc1cccc2c1OCCO2. The van der Waals surface area contributed by atoms with E-state index in [2.05, 4.69) is 10.6 Å². The maximum atomic E-state index is 12.2. The first-order chi connectivity index (χ1) is 12.3. The fraction of sp³-hybridized carbons (Fsp3) is 0.278. The van der Waals surface area contributed by atoms with Crippen molar-refractivity contribution < 1.29 is 23.7 Å². The number of ether oxygens (including phenoxy) is 4. The summed E-state index contributed by atoms with van der Waals surface area (Å²) in [5.41, 5.74) is 0.570. The van der Waals surface area contributed by atoms with Gasteiger partial charge in [-0.05, 0) is 24.3 Å². The molecule has 0 bridgehead atoms. The lowest BCUT2D eigenvalue weighted by molar-refractivity contribution is 0.0922. The third kappa shape index (κ3) is 3.40. The topological polar surface area (TPSA) is 78.1 Å². The summed E-state index contributed by atoms with van der Waals surface area (Å²) in [5.74, 6) is 2.58. The molecule has 4 rings (SSSR count). The number of carbonyl (C=O) groups is 1. The van der Waals surface area contributed by atoms with Crippen molar-refractivity contribution in [1.29, 1.82) is 0 Å². The minimum Gasteiger partial charge on any atom is -0.486 e. The average molecular weight is 342 g/mol. The van der Waals surface area contributed by atoms with Gasteiger partial charge in [-0.1, -0.05) is 18.2 Å². The van der Waals surface area contributed by atoms with Gasteiger partial charge < -0.3 is 29.6 Å². The van der Waals surface area contributed by atoms with Crippen LogP contribution in [0.2, 0.25) is 0 Å². The molecule has 2 heterocycles. The molecule has 1 unspecified atom stereocenters. The van der Waals surface area contributed by atoms with Crippen LogP contribution in [0.15, 0.2) is 42.5 Å². The maximum Gasteiger partial charge on any atom is 0.319 e. The Morgan fingerprint density at radius 2 is 1.76 bits per heavy atom. The highest BCUT2D eigenvalue weighted by molar-refractivity contribution is 5.91. The first-order valence-electron chi connectivity index (χ1n) is 8.11. The van der Waals surface area contributed by atoms with E-state index in [0.29, 0.717) is 49.3 Å². The van der Waals surface area contributed by atoms with E-state index in [1.807, 2.05) is 30.3 Å². The van der Waals surface area contributed by atoms with Crippen LogP contribution >= 0.6 is 0 Å². The van der Waals surface area contributed by atoms with Gasteiger partial charge in [0.2, 0.25) is 0 Å². The van der Waals surface area contributed by atoms with E-state index < -0.39 is 0 Å². The van der Waals surface area contributed by atoms with Crippen LogP contribution in [0.3, 0.4) is 0 Å². The molecule has 0 aromatic heterocycles. The number of fused-ring (bicyclic) bond motifs is 2. The standard InChI is InChI=1S/C18H18N2O5/c21-18(20-13-4-3-7-16-17(13)23-9-8-22-16)19-10-12-11-24-14-5-1-2-6-15(14)25-12/h1-7,12H,8-11H2,(H2,19,20,21). The molecule has 0 aliphatic carbocycles. The monoisotopic (exact) mass is 342 g/mol. The third-order valence-corrected chi connectivity index (χ3v) is 3.87. The molecule has 25 heavy (non-hydrogen) atoms. The zero-order valence-electron chi connectivity index (χ0n) is 13.5. The third-order valence-electron chi connectivity index (χ3n) is 3.87. The normalized spacial score (nSPS) is 17.5. The van der Waals surface area contributed by atoms with Crippen molar-refractivity contribution in [3.05, 3.63) is 42.5 Å². The molecule has 2 aromatic carbocycles. The fourth-order valence-electron chi connectivity index (χ4n) is 2.71. The van der Waals surface area contributed by atoms with Crippen LogP contribution < -0.4 is 29.6 Å². The molecule has 2 aliphatic rings. The Morgan fingerprint density at radius 1 is 0.960 bits per heavy atom. The van der Waals surface area contributed by atoms with Crippen LogP contribution in [0.5, 0.6) is 23.0 Å². The Hall–Kier alpha value is -3.09. The highest BCUT2D eigenvalue weighted by atomic mass is 16.6. The molecular formula is C18H18N2O5. The lowest BCUT2D eigenvalue weighted by atomic mass is 10.2. The zero-order chi connectivity index (χ0) is 17.1. The van der Waals surface area contributed by atoms with E-state index in [-0.39, 0.29) is 12.1 Å². The smallest absolute Gasteiger partial charge is 0.319 e. The van der Waals surface area contributed by atoms with E-state index in [4.69, 9.17) is 18.9 Å². The van der Waals surface area contributed by atoms with Gasteiger partial charge >= 0.3 is 6.03 Å². The van der Waals surface area contributed by atoms with E-state index in [1.165, 1.54) is 0 Å². The predicted octanol–water partition coefficient (Wildman–Crippen LogP) is 2.42. The molecule has 7 heteroatoms. The van der Waals surface area contributed by atoms with Gasteiger partial charge in [-0.3, -0.25) is 0 Å². The van der Waals surface area contributed by atoms with Gasteiger partial charge in [0.05, 0.1) is 12.2 Å². The summed E-state index contributed by atoms with van der Waals surface area (Å²) in [6.45, 7) is 1.67. The molecule has 2 aromatic rings. The number of amides is 2. The van der Waals surface area contributed by atoms with Crippen molar-refractivity contribution in [2.75, 3.05) is 31.7 Å². The molecule has 0 spiro atoms. The Kier molecular flexibility index (Phi) is 4.20. The van der Waals surface area contributed by atoms with Gasteiger partial charge in [-0.25, -0.2) is 4.79 Å². The van der Waals surface area contributed by atoms with Crippen molar-refractivity contribution in [2.45, 2.75) is 6.10 Å². The van der Waals surface area contributed by atoms with Gasteiger partial charge in [0.15, 0.2) is 29.1 Å². The number of hydrogen-bond acceptors (Lipinski definition) is 5. The van der Waals surface area contributed by atoms with Gasteiger partial charge in [-0.2, -0.15) is 0 Å². The molecule has 0 fully saturated rings. The molecule has 2 amide bonds. The summed E-state index contributed by atoms with van der Waals surface area (Å²) in [4.78, 5) is 12.2. The molecule has 1 atom stereocenters. The first kappa shape index (κ1) is 15.4. The summed E-state index contributed by atoms with van der Waals surface area (Å²) in [5, 5.41) is 5.56. The van der Waals surface area contributed by atoms with Crippen LogP contribution in [-0.2, 0) is 0 Å². The Labute approximate surface area is 144 Å². The van der Waals surface area contributed by atoms with Crippen molar-refractivity contribution in [3.63, 3.8) is 0 Å². The van der Waals surface area contributed by atoms with Crippen molar-refractivity contribution >= 4 is 11.7 Å². The van der Waals surface area contributed by atoms with Crippen molar-refractivity contribution in [1.82, 2.24) is 5.32 Å². The predicted molar refractivity (Wildman–Crippen MR) is 90.8 cm³/mol. The number of carbonyl (C=O) groups excluding carboxylic acids is 1. The lowest BCUT2D eigenvalue weighted by Gasteiger charge is -2.26. The second kappa shape index (κ2) is 6.80. The quantitative estimate of drug-likeness (QED) is 0.896. The molecule has 0 radical (unpaired) electrons.